The summed E-state index contributed by atoms with van der Waals surface area (Å²) in [5.74, 6) is 1.04. The minimum Gasteiger partial charge on any atom is -0.496 e. The molecule has 0 aromatic heterocycles. The highest BCUT2D eigenvalue weighted by molar-refractivity contribution is 5.48. The maximum atomic E-state index is 5.63. The second-order valence-electron chi connectivity index (χ2n) is 6.39. The van der Waals surface area contributed by atoms with Gasteiger partial charge in [0.25, 0.3) is 0 Å². The lowest BCUT2D eigenvalue weighted by Crippen LogP contribution is -2.18. The summed E-state index contributed by atoms with van der Waals surface area (Å²) < 4.78 is 5.63. The third-order valence-corrected chi connectivity index (χ3v) is 2.84. The van der Waals surface area contributed by atoms with Crippen molar-refractivity contribution in [3.05, 3.63) is 29.3 Å². The molecule has 0 atom stereocenters. The monoisotopic (exact) mass is 250 g/mol. The van der Waals surface area contributed by atoms with E-state index in [1.54, 1.807) is 7.11 Å². The molecule has 0 aliphatic heterocycles. The molecule has 0 bridgehead atoms. The zero-order valence-corrected chi connectivity index (χ0v) is 13.6. The molecule has 0 saturated carbocycles. The Kier molecular flexibility index (Phi) is 5.92. The maximum absolute atomic E-state index is 5.63. The van der Waals surface area contributed by atoms with E-state index in [4.69, 9.17) is 4.74 Å². The van der Waals surface area contributed by atoms with Gasteiger partial charge in [-0.15, -0.1) is 0 Å². The zero-order valence-electron chi connectivity index (χ0n) is 13.6. The molecule has 0 aliphatic carbocycles. The molecule has 104 valence electrons. The van der Waals surface area contributed by atoms with Gasteiger partial charge in [0.1, 0.15) is 5.75 Å². The Balaban J connectivity index is 0.00000137. The summed E-state index contributed by atoms with van der Waals surface area (Å²) in [6.07, 6.45) is 0. The fraction of sp³-hybridized carbons (Fsp3) is 0.647. The highest BCUT2D eigenvalue weighted by Crippen LogP contribution is 2.39. The van der Waals surface area contributed by atoms with Gasteiger partial charge in [0.2, 0.25) is 0 Å². The van der Waals surface area contributed by atoms with E-state index in [9.17, 15) is 0 Å². The molecule has 18 heavy (non-hydrogen) atoms. The van der Waals surface area contributed by atoms with Gasteiger partial charge in [-0.3, -0.25) is 0 Å². The van der Waals surface area contributed by atoms with Crippen LogP contribution in [0.3, 0.4) is 0 Å². The van der Waals surface area contributed by atoms with E-state index in [2.05, 4.69) is 59.7 Å². The van der Waals surface area contributed by atoms with E-state index in [0.717, 1.165) is 5.75 Å². The second-order valence-corrected chi connectivity index (χ2v) is 6.39. The van der Waals surface area contributed by atoms with Crippen LogP contribution in [0.5, 0.6) is 5.75 Å². The maximum Gasteiger partial charge on any atom is 0.126 e. The van der Waals surface area contributed by atoms with E-state index in [-0.39, 0.29) is 10.8 Å². The van der Waals surface area contributed by atoms with Crippen LogP contribution in [-0.4, -0.2) is 7.11 Å². The highest BCUT2D eigenvalue weighted by Gasteiger charge is 2.25. The molecule has 1 aromatic carbocycles. The quantitative estimate of drug-likeness (QED) is 0.655. The highest BCUT2D eigenvalue weighted by atomic mass is 16.5. The third-order valence-electron chi connectivity index (χ3n) is 2.84. The first kappa shape index (κ1) is 17.0. The number of rotatable bonds is 1. The molecular weight excluding hydrogens is 220 g/mol. The smallest absolute Gasteiger partial charge is 0.126 e. The lowest BCUT2D eigenvalue weighted by Gasteiger charge is -2.28. The number of hydrogen-bond acceptors (Lipinski definition) is 1. The van der Waals surface area contributed by atoms with Crippen LogP contribution in [-0.2, 0) is 10.8 Å². The largest absolute Gasteiger partial charge is 0.496 e. The molecule has 0 radical (unpaired) electrons. The molecule has 0 spiro atoms. The van der Waals surface area contributed by atoms with Crippen molar-refractivity contribution in [1.82, 2.24) is 0 Å². The first-order valence-electron chi connectivity index (χ1n) is 6.86. The SMILES string of the molecule is CC.COc1c(C(C)(C)C)cccc1C(C)(C)C. The second kappa shape index (κ2) is 6.26. The predicted octanol–water partition coefficient (Wildman–Crippen LogP) is 5.32. The summed E-state index contributed by atoms with van der Waals surface area (Å²) >= 11 is 0. The van der Waals surface area contributed by atoms with Crippen LogP contribution in [0.4, 0.5) is 0 Å². The average molecular weight is 250 g/mol. The fourth-order valence-corrected chi connectivity index (χ4v) is 1.94. The number of ether oxygens (including phenoxy) is 1. The van der Waals surface area contributed by atoms with E-state index < -0.39 is 0 Å². The molecule has 0 N–H and O–H groups in total. The molecule has 0 aliphatic rings. The van der Waals surface area contributed by atoms with E-state index >= 15 is 0 Å². The van der Waals surface area contributed by atoms with E-state index in [1.165, 1.54) is 11.1 Å². The third kappa shape index (κ3) is 4.04. The van der Waals surface area contributed by atoms with Crippen LogP contribution in [0.1, 0.15) is 66.5 Å². The number of benzene rings is 1. The predicted molar refractivity (Wildman–Crippen MR) is 81.7 cm³/mol. The van der Waals surface area contributed by atoms with Gasteiger partial charge in [0, 0.05) is 0 Å². The van der Waals surface area contributed by atoms with Gasteiger partial charge in [-0.25, -0.2) is 0 Å². The number of methoxy groups -OCH3 is 1. The van der Waals surface area contributed by atoms with Gasteiger partial charge >= 0.3 is 0 Å². The van der Waals surface area contributed by atoms with Crippen molar-refractivity contribution in [3.8, 4) is 5.75 Å². The first-order chi connectivity index (χ1) is 8.18. The Bertz CT molecular complexity index is 332. The van der Waals surface area contributed by atoms with Crippen LogP contribution >= 0.6 is 0 Å². The molecule has 0 heterocycles. The molecule has 1 heteroatoms. The Morgan fingerprint density at radius 2 is 1.11 bits per heavy atom. The van der Waals surface area contributed by atoms with Crippen molar-refractivity contribution in [1.29, 1.82) is 0 Å². The topological polar surface area (TPSA) is 9.23 Å². The summed E-state index contributed by atoms with van der Waals surface area (Å²) in [5, 5.41) is 0. The average Bonchev–Trinajstić information content (AvgIpc) is 2.28. The molecule has 1 nitrogen and oxygen atoms in total. The Labute approximate surface area is 114 Å². The molecular formula is C17H30O. The van der Waals surface area contributed by atoms with Crippen molar-refractivity contribution in [2.24, 2.45) is 0 Å². The van der Waals surface area contributed by atoms with Crippen molar-refractivity contribution < 1.29 is 4.74 Å². The van der Waals surface area contributed by atoms with Gasteiger partial charge < -0.3 is 4.74 Å². The number of hydrogen-bond donors (Lipinski definition) is 0. The summed E-state index contributed by atoms with van der Waals surface area (Å²) in [5.41, 5.74) is 2.80. The van der Waals surface area contributed by atoms with Crippen molar-refractivity contribution in [2.75, 3.05) is 7.11 Å². The zero-order chi connectivity index (χ0) is 14.6. The summed E-state index contributed by atoms with van der Waals surface area (Å²) in [6.45, 7) is 17.3. The standard InChI is InChI=1S/C15H24O.C2H6/c1-14(2,3)11-9-8-10-12(13(11)16-7)15(4,5)6;1-2/h8-10H,1-7H3;1-2H3. The Hall–Kier alpha value is -0.980. The fourth-order valence-electron chi connectivity index (χ4n) is 1.94. The van der Waals surface area contributed by atoms with E-state index in [0.29, 0.717) is 0 Å². The molecule has 1 rings (SSSR count). The number of para-hydroxylation sites is 1. The van der Waals surface area contributed by atoms with Crippen molar-refractivity contribution >= 4 is 0 Å². The Morgan fingerprint density at radius 3 is 1.33 bits per heavy atom. The van der Waals surface area contributed by atoms with Crippen LogP contribution in [0.15, 0.2) is 18.2 Å². The van der Waals surface area contributed by atoms with E-state index in [1.807, 2.05) is 13.8 Å². The van der Waals surface area contributed by atoms with Gasteiger partial charge in [-0.05, 0) is 22.0 Å². The molecule has 0 fully saturated rings. The minimum absolute atomic E-state index is 0.118. The summed E-state index contributed by atoms with van der Waals surface area (Å²) in [7, 11) is 1.76. The first-order valence-corrected chi connectivity index (χ1v) is 6.86. The normalized spacial score (nSPS) is 11.6. The lowest BCUT2D eigenvalue weighted by molar-refractivity contribution is 0.381. The summed E-state index contributed by atoms with van der Waals surface area (Å²) in [4.78, 5) is 0. The molecule has 0 unspecified atom stereocenters. The van der Waals surface area contributed by atoms with Crippen molar-refractivity contribution in [3.63, 3.8) is 0 Å². The Morgan fingerprint density at radius 1 is 0.778 bits per heavy atom. The van der Waals surface area contributed by atoms with Gasteiger partial charge in [-0.2, -0.15) is 0 Å². The van der Waals surface area contributed by atoms with Gasteiger partial charge in [-0.1, -0.05) is 73.6 Å². The van der Waals surface area contributed by atoms with Gasteiger partial charge in [0.05, 0.1) is 7.11 Å². The van der Waals surface area contributed by atoms with Crippen LogP contribution in [0.25, 0.3) is 0 Å². The van der Waals surface area contributed by atoms with Crippen LogP contribution < -0.4 is 4.74 Å². The minimum atomic E-state index is 0.118. The summed E-state index contributed by atoms with van der Waals surface area (Å²) in [6, 6.07) is 6.45. The molecule has 0 saturated heterocycles. The van der Waals surface area contributed by atoms with Crippen LogP contribution in [0, 0.1) is 0 Å². The van der Waals surface area contributed by atoms with Crippen LogP contribution in [0.2, 0.25) is 0 Å². The lowest BCUT2D eigenvalue weighted by atomic mass is 9.79. The molecule has 0 amide bonds. The molecule has 1 aromatic rings. The van der Waals surface area contributed by atoms with Crippen molar-refractivity contribution in [2.45, 2.75) is 66.2 Å². The van der Waals surface area contributed by atoms with Gasteiger partial charge in [0.15, 0.2) is 0 Å².